The highest BCUT2D eigenvalue weighted by atomic mass is 16.5. The molecular formula is C12H16O4. The van der Waals surface area contributed by atoms with Crippen LogP contribution < -0.4 is 9.47 Å². The summed E-state index contributed by atoms with van der Waals surface area (Å²) < 4.78 is 10.2. The maximum atomic E-state index is 10.7. The standard InChI is InChI=1S/C12H16O4/c1-8(12(13)14)6-9-4-5-10(15-2)11(7-9)16-3/h4-5,7-8H,6H2,1-3H3,(H,13,14). The largest absolute Gasteiger partial charge is 0.493 e. The monoisotopic (exact) mass is 224 g/mol. The summed E-state index contributed by atoms with van der Waals surface area (Å²) in [5.74, 6) is 0.0692. The lowest BCUT2D eigenvalue weighted by atomic mass is 10.0. The summed E-state index contributed by atoms with van der Waals surface area (Å²) in [5, 5.41) is 8.81. The topological polar surface area (TPSA) is 55.8 Å². The van der Waals surface area contributed by atoms with Gasteiger partial charge in [0.25, 0.3) is 0 Å². The average molecular weight is 224 g/mol. The van der Waals surface area contributed by atoms with E-state index >= 15 is 0 Å². The molecule has 1 unspecified atom stereocenters. The van der Waals surface area contributed by atoms with Crippen molar-refractivity contribution >= 4 is 5.97 Å². The number of carbonyl (C=O) groups is 1. The molecule has 1 aromatic rings. The number of hydrogen-bond donors (Lipinski definition) is 1. The van der Waals surface area contributed by atoms with Gasteiger partial charge in [-0.1, -0.05) is 13.0 Å². The summed E-state index contributed by atoms with van der Waals surface area (Å²) in [7, 11) is 3.12. The second-order valence-electron chi connectivity index (χ2n) is 3.63. The Labute approximate surface area is 94.8 Å². The fourth-order valence-electron chi connectivity index (χ4n) is 1.45. The SMILES string of the molecule is COc1ccc(CC(C)C(=O)O)cc1OC. The first-order valence-corrected chi connectivity index (χ1v) is 5.02. The van der Waals surface area contributed by atoms with Crippen LogP contribution in [0.1, 0.15) is 12.5 Å². The molecule has 0 spiro atoms. The lowest BCUT2D eigenvalue weighted by molar-refractivity contribution is -0.141. The number of aliphatic carboxylic acids is 1. The van der Waals surface area contributed by atoms with Gasteiger partial charge in [-0.3, -0.25) is 4.79 Å². The molecule has 16 heavy (non-hydrogen) atoms. The molecule has 0 radical (unpaired) electrons. The predicted octanol–water partition coefficient (Wildman–Crippen LogP) is 1.97. The number of methoxy groups -OCH3 is 2. The number of ether oxygens (including phenoxy) is 2. The molecule has 0 saturated heterocycles. The van der Waals surface area contributed by atoms with E-state index < -0.39 is 11.9 Å². The van der Waals surface area contributed by atoms with Crippen molar-refractivity contribution in [1.29, 1.82) is 0 Å². The fraction of sp³-hybridized carbons (Fsp3) is 0.417. The van der Waals surface area contributed by atoms with Crippen LogP contribution in [0.5, 0.6) is 11.5 Å². The van der Waals surface area contributed by atoms with Crippen LogP contribution in [-0.4, -0.2) is 25.3 Å². The van der Waals surface area contributed by atoms with Crippen LogP contribution in [0.2, 0.25) is 0 Å². The molecule has 4 heteroatoms. The summed E-state index contributed by atoms with van der Waals surface area (Å²) in [6, 6.07) is 5.43. The Morgan fingerprint density at radius 2 is 1.94 bits per heavy atom. The third-order valence-electron chi connectivity index (χ3n) is 2.41. The van der Waals surface area contributed by atoms with Crippen LogP contribution in [0.25, 0.3) is 0 Å². The van der Waals surface area contributed by atoms with Gasteiger partial charge in [-0.05, 0) is 24.1 Å². The maximum Gasteiger partial charge on any atom is 0.306 e. The third kappa shape index (κ3) is 2.89. The second-order valence-corrected chi connectivity index (χ2v) is 3.63. The quantitative estimate of drug-likeness (QED) is 0.830. The van der Waals surface area contributed by atoms with Crippen molar-refractivity contribution in [3.63, 3.8) is 0 Å². The van der Waals surface area contributed by atoms with Crippen molar-refractivity contribution in [3.05, 3.63) is 23.8 Å². The summed E-state index contributed by atoms with van der Waals surface area (Å²) in [6.07, 6.45) is 0.482. The molecule has 88 valence electrons. The van der Waals surface area contributed by atoms with Crippen LogP contribution in [0.4, 0.5) is 0 Å². The van der Waals surface area contributed by atoms with Crippen LogP contribution in [0.15, 0.2) is 18.2 Å². The first kappa shape index (κ1) is 12.4. The molecule has 0 aromatic heterocycles. The van der Waals surface area contributed by atoms with E-state index in [1.54, 1.807) is 33.3 Å². The van der Waals surface area contributed by atoms with Gasteiger partial charge in [0.2, 0.25) is 0 Å². The van der Waals surface area contributed by atoms with Gasteiger partial charge in [0, 0.05) is 0 Å². The highest BCUT2D eigenvalue weighted by molar-refractivity contribution is 5.70. The maximum absolute atomic E-state index is 10.7. The van der Waals surface area contributed by atoms with Gasteiger partial charge in [-0.25, -0.2) is 0 Å². The van der Waals surface area contributed by atoms with E-state index in [1.165, 1.54) is 0 Å². The molecule has 0 aliphatic heterocycles. The minimum Gasteiger partial charge on any atom is -0.493 e. The number of carboxylic acids is 1. The highest BCUT2D eigenvalue weighted by Crippen LogP contribution is 2.28. The smallest absolute Gasteiger partial charge is 0.306 e. The zero-order valence-electron chi connectivity index (χ0n) is 9.69. The van der Waals surface area contributed by atoms with E-state index in [9.17, 15) is 4.79 Å². The van der Waals surface area contributed by atoms with E-state index in [0.717, 1.165) is 5.56 Å². The molecule has 4 nitrogen and oxygen atoms in total. The lowest BCUT2D eigenvalue weighted by Crippen LogP contribution is -2.12. The molecule has 0 fully saturated rings. The number of hydrogen-bond acceptors (Lipinski definition) is 3. The van der Waals surface area contributed by atoms with E-state index in [-0.39, 0.29) is 0 Å². The van der Waals surface area contributed by atoms with Crippen molar-refractivity contribution in [2.24, 2.45) is 5.92 Å². The molecule has 1 aromatic carbocycles. The van der Waals surface area contributed by atoms with Crippen LogP contribution >= 0.6 is 0 Å². The zero-order valence-corrected chi connectivity index (χ0v) is 9.69. The molecular weight excluding hydrogens is 208 g/mol. The summed E-state index contributed by atoms with van der Waals surface area (Å²) in [6.45, 7) is 1.68. The van der Waals surface area contributed by atoms with Crippen molar-refractivity contribution < 1.29 is 19.4 Å². The normalized spacial score (nSPS) is 11.9. The van der Waals surface area contributed by atoms with Gasteiger partial charge >= 0.3 is 5.97 Å². The highest BCUT2D eigenvalue weighted by Gasteiger charge is 2.13. The van der Waals surface area contributed by atoms with Crippen molar-refractivity contribution in [2.75, 3.05) is 14.2 Å². The molecule has 1 atom stereocenters. The Morgan fingerprint density at radius 1 is 1.31 bits per heavy atom. The fourth-order valence-corrected chi connectivity index (χ4v) is 1.45. The van der Waals surface area contributed by atoms with Crippen molar-refractivity contribution in [2.45, 2.75) is 13.3 Å². The second kappa shape index (κ2) is 5.39. The zero-order chi connectivity index (χ0) is 12.1. The third-order valence-corrected chi connectivity index (χ3v) is 2.41. The molecule has 0 aliphatic carbocycles. The van der Waals surface area contributed by atoms with Gasteiger partial charge in [-0.2, -0.15) is 0 Å². The van der Waals surface area contributed by atoms with Crippen LogP contribution in [0, 0.1) is 5.92 Å². The van der Waals surface area contributed by atoms with Gasteiger partial charge in [-0.15, -0.1) is 0 Å². The van der Waals surface area contributed by atoms with Gasteiger partial charge in [0.05, 0.1) is 20.1 Å². The minimum absolute atomic E-state index is 0.405. The van der Waals surface area contributed by atoms with E-state index in [0.29, 0.717) is 17.9 Å². The Kier molecular flexibility index (Phi) is 4.17. The van der Waals surface area contributed by atoms with Crippen molar-refractivity contribution in [1.82, 2.24) is 0 Å². The lowest BCUT2D eigenvalue weighted by Gasteiger charge is -2.11. The minimum atomic E-state index is -0.796. The Morgan fingerprint density at radius 3 is 2.44 bits per heavy atom. The van der Waals surface area contributed by atoms with Gasteiger partial charge in [0.1, 0.15) is 0 Å². The van der Waals surface area contributed by atoms with Gasteiger partial charge in [0.15, 0.2) is 11.5 Å². The van der Waals surface area contributed by atoms with Crippen LogP contribution in [0.3, 0.4) is 0 Å². The number of rotatable bonds is 5. The number of carboxylic acid groups (broad SMARTS) is 1. The molecule has 1 rings (SSSR count). The Hall–Kier alpha value is -1.71. The first-order valence-electron chi connectivity index (χ1n) is 5.02. The van der Waals surface area contributed by atoms with E-state index in [2.05, 4.69) is 0 Å². The van der Waals surface area contributed by atoms with E-state index in [4.69, 9.17) is 14.6 Å². The summed E-state index contributed by atoms with van der Waals surface area (Å²) in [4.78, 5) is 10.7. The molecule has 0 amide bonds. The number of benzene rings is 1. The first-order chi connectivity index (χ1) is 7.58. The van der Waals surface area contributed by atoms with Crippen LogP contribution in [-0.2, 0) is 11.2 Å². The average Bonchev–Trinajstić information content (AvgIpc) is 2.28. The summed E-state index contributed by atoms with van der Waals surface area (Å²) >= 11 is 0. The predicted molar refractivity (Wildman–Crippen MR) is 60.0 cm³/mol. The molecule has 0 aliphatic rings. The van der Waals surface area contributed by atoms with Crippen molar-refractivity contribution in [3.8, 4) is 11.5 Å². The summed E-state index contributed by atoms with van der Waals surface area (Å²) in [5.41, 5.74) is 0.924. The van der Waals surface area contributed by atoms with Gasteiger partial charge < -0.3 is 14.6 Å². The Bertz CT molecular complexity index is 373. The molecule has 0 heterocycles. The molecule has 0 bridgehead atoms. The Balaban J connectivity index is 2.86. The van der Waals surface area contributed by atoms with E-state index in [1.807, 2.05) is 6.07 Å². The molecule has 0 saturated carbocycles. The molecule has 1 N–H and O–H groups in total.